The predicted molar refractivity (Wildman–Crippen MR) is 58.7 cm³/mol. The molecule has 0 saturated heterocycles. The summed E-state index contributed by atoms with van der Waals surface area (Å²) in [5, 5.41) is 4.67. The van der Waals surface area contributed by atoms with E-state index in [4.69, 9.17) is 15.2 Å². The smallest absolute Gasteiger partial charge is 0.348 e. The Morgan fingerprint density at radius 2 is 2.35 bits per heavy atom. The molecule has 0 aromatic carbocycles. The van der Waals surface area contributed by atoms with E-state index in [1.54, 1.807) is 6.07 Å². The second kappa shape index (κ2) is 5.62. The van der Waals surface area contributed by atoms with Crippen LogP contribution in [0.5, 0.6) is 0 Å². The molecule has 0 unspecified atom stereocenters. The van der Waals surface area contributed by atoms with Gasteiger partial charge in [0.05, 0.1) is 11.8 Å². The number of carbonyl (C=O) groups is 1. The summed E-state index contributed by atoms with van der Waals surface area (Å²) in [4.78, 5) is 16.7. The van der Waals surface area contributed by atoms with Gasteiger partial charge in [-0.2, -0.15) is 0 Å². The van der Waals surface area contributed by atoms with Crippen molar-refractivity contribution in [2.75, 3.05) is 0 Å². The number of hydrogen-bond acceptors (Lipinski definition) is 6. The molecule has 17 heavy (non-hydrogen) atoms. The molecule has 0 saturated carbocycles. The molecule has 0 aliphatic carbocycles. The fourth-order valence-electron chi connectivity index (χ4n) is 0.895. The first-order valence-electron chi connectivity index (χ1n) is 5.03. The molecule has 0 fully saturated rings. The Kier molecular flexibility index (Phi) is 4.44. The summed E-state index contributed by atoms with van der Waals surface area (Å²) in [6.07, 6.45) is 1.48. The zero-order valence-corrected chi connectivity index (χ0v) is 10.1. The van der Waals surface area contributed by atoms with E-state index in [0.29, 0.717) is 5.76 Å². The van der Waals surface area contributed by atoms with Crippen LogP contribution in [0.3, 0.4) is 0 Å². The van der Waals surface area contributed by atoms with Gasteiger partial charge in [0.2, 0.25) is 0 Å². The summed E-state index contributed by atoms with van der Waals surface area (Å²) in [6.45, 7) is 5.66. The van der Waals surface area contributed by atoms with Gasteiger partial charge in [0.1, 0.15) is 6.54 Å². The number of nitrogens with one attached hydrogen (secondary N) is 2. The van der Waals surface area contributed by atoms with Crippen LogP contribution < -0.4 is 16.9 Å². The number of hydrazine groups is 2. The molecule has 1 aromatic heterocycles. The summed E-state index contributed by atoms with van der Waals surface area (Å²) in [6, 6.07) is 1.08. The molecule has 8 nitrogen and oxygen atoms in total. The SMILES string of the molecule is CC(C)(C)ONN(Cc1ccno1)C(=O)NN. The Morgan fingerprint density at radius 3 is 2.82 bits per heavy atom. The van der Waals surface area contributed by atoms with Crippen LogP contribution in [0.25, 0.3) is 0 Å². The van der Waals surface area contributed by atoms with Gasteiger partial charge in [-0.15, -0.1) is 5.59 Å². The first-order valence-corrected chi connectivity index (χ1v) is 5.03. The van der Waals surface area contributed by atoms with Crippen molar-refractivity contribution in [1.29, 1.82) is 0 Å². The van der Waals surface area contributed by atoms with Gasteiger partial charge in [-0.1, -0.05) is 5.16 Å². The average molecular weight is 243 g/mol. The molecule has 1 rings (SSSR count). The standard InChI is InChI=1S/C9H17N5O3/c1-9(2,3)17-13-14(8(15)12-10)6-7-4-5-11-16-7/h4-5,13H,6,10H2,1-3H3,(H,12,15). The minimum absolute atomic E-state index is 0.138. The molecule has 8 heteroatoms. The Balaban J connectivity index is 2.58. The molecule has 0 bridgehead atoms. The first-order chi connectivity index (χ1) is 7.92. The maximum absolute atomic E-state index is 11.4. The number of nitrogens with zero attached hydrogens (tertiary/aromatic N) is 2. The molecule has 0 aliphatic rings. The van der Waals surface area contributed by atoms with Crippen LogP contribution >= 0.6 is 0 Å². The fraction of sp³-hybridized carbons (Fsp3) is 0.556. The van der Waals surface area contributed by atoms with Gasteiger partial charge in [0.25, 0.3) is 0 Å². The van der Waals surface area contributed by atoms with Crippen LogP contribution in [0, 0.1) is 0 Å². The molecule has 0 atom stereocenters. The van der Waals surface area contributed by atoms with Gasteiger partial charge in [0.15, 0.2) is 5.76 Å². The lowest BCUT2D eigenvalue weighted by Gasteiger charge is -2.26. The minimum atomic E-state index is -0.550. The van der Waals surface area contributed by atoms with Crippen LogP contribution in [0.15, 0.2) is 16.8 Å². The van der Waals surface area contributed by atoms with E-state index in [1.165, 1.54) is 6.20 Å². The van der Waals surface area contributed by atoms with Crippen molar-refractivity contribution in [3.8, 4) is 0 Å². The quantitative estimate of drug-likeness (QED) is 0.399. The highest BCUT2D eigenvalue weighted by Crippen LogP contribution is 2.06. The maximum atomic E-state index is 11.4. The summed E-state index contributed by atoms with van der Waals surface area (Å²) >= 11 is 0. The van der Waals surface area contributed by atoms with Gasteiger partial charge < -0.3 is 4.52 Å². The molecule has 1 aromatic rings. The number of urea groups is 1. The zero-order valence-electron chi connectivity index (χ0n) is 10.1. The normalized spacial score (nSPS) is 11.3. The van der Waals surface area contributed by atoms with E-state index in [9.17, 15) is 4.79 Å². The van der Waals surface area contributed by atoms with Crippen LogP contribution in [0.4, 0.5) is 4.79 Å². The summed E-state index contributed by atoms with van der Waals surface area (Å²) < 4.78 is 4.88. The molecule has 2 amide bonds. The molecular weight excluding hydrogens is 226 g/mol. The second-order valence-electron chi connectivity index (χ2n) is 4.32. The Morgan fingerprint density at radius 1 is 1.65 bits per heavy atom. The van der Waals surface area contributed by atoms with Crippen molar-refractivity contribution in [1.82, 2.24) is 21.2 Å². The number of nitrogens with two attached hydrogens (primary N) is 1. The van der Waals surface area contributed by atoms with Crippen molar-refractivity contribution in [2.45, 2.75) is 32.9 Å². The number of aromatic nitrogens is 1. The largest absolute Gasteiger partial charge is 0.359 e. The van der Waals surface area contributed by atoms with Gasteiger partial charge in [-0.25, -0.2) is 15.6 Å². The lowest BCUT2D eigenvalue weighted by molar-refractivity contribution is -0.142. The molecule has 1 heterocycles. The van der Waals surface area contributed by atoms with Crippen molar-refractivity contribution >= 4 is 6.03 Å². The van der Waals surface area contributed by atoms with Crippen LogP contribution in [-0.4, -0.2) is 21.8 Å². The molecular formula is C9H17N5O3. The average Bonchev–Trinajstić information content (AvgIpc) is 2.74. The highest BCUT2D eigenvalue weighted by molar-refractivity contribution is 5.72. The number of carbonyl (C=O) groups excluding carboxylic acids is 1. The Bertz CT molecular complexity index is 346. The van der Waals surface area contributed by atoms with Crippen molar-refractivity contribution in [3.05, 3.63) is 18.0 Å². The zero-order chi connectivity index (χ0) is 12.9. The molecule has 0 radical (unpaired) electrons. The van der Waals surface area contributed by atoms with Gasteiger partial charge in [0, 0.05) is 6.07 Å². The van der Waals surface area contributed by atoms with Gasteiger partial charge in [-0.3, -0.25) is 10.3 Å². The van der Waals surface area contributed by atoms with E-state index in [-0.39, 0.29) is 6.54 Å². The second-order valence-corrected chi connectivity index (χ2v) is 4.32. The molecule has 0 aliphatic heterocycles. The lowest BCUT2D eigenvalue weighted by atomic mass is 10.2. The Labute approximate surface area is 99.0 Å². The third-order valence-electron chi connectivity index (χ3n) is 1.64. The summed E-state index contributed by atoms with van der Waals surface area (Å²) in [7, 11) is 0. The number of hydrogen-bond donors (Lipinski definition) is 3. The van der Waals surface area contributed by atoms with Crippen LogP contribution in [0.2, 0.25) is 0 Å². The highest BCUT2D eigenvalue weighted by Gasteiger charge is 2.18. The van der Waals surface area contributed by atoms with Crippen LogP contribution in [0.1, 0.15) is 26.5 Å². The van der Waals surface area contributed by atoms with E-state index in [2.05, 4.69) is 10.7 Å². The van der Waals surface area contributed by atoms with E-state index < -0.39 is 11.6 Å². The van der Waals surface area contributed by atoms with Crippen molar-refractivity contribution in [3.63, 3.8) is 0 Å². The van der Waals surface area contributed by atoms with E-state index in [0.717, 1.165) is 5.01 Å². The van der Waals surface area contributed by atoms with Crippen LogP contribution in [-0.2, 0) is 11.4 Å². The predicted octanol–water partition coefficient (Wildman–Crippen LogP) is 0.295. The number of rotatable bonds is 4. The minimum Gasteiger partial charge on any atom is -0.359 e. The van der Waals surface area contributed by atoms with E-state index in [1.807, 2.05) is 26.2 Å². The molecule has 96 valence electrons. The molecule has 0 spiro atoms. The van der Waals surface area contributed by atoms with Crippen molar-refractivity contribution in [2.24, 2.45) is 5.84 Å². The van der Waals surface area contributed by atoms with Gasteiger partial charge >= 0.3 is 6.03 Å². The molecule has 4 N–H and O–H groups in total. The third kappa shape index (κ3) is 4.81. The Hall–Kier alpha value is -1.64. The third-order valence-corrected chi connectivity index (χ3v) is 1.64. The monoisotopic (exact) mass is 243 g/mol. The topological polar surface area (TPSA) is 106 Å². The fourth-order valence-corrected chi connectivity index (χ4v) is 0.895. The summed E-state index contributed by atoms with van der Waals surface area (Å²) in [5.74, 6) is 5.56. The maximum Gasteiger partial charge on any atom is 0.348 e. The van der Waals surface area contributed by atoms with Gasteiger partial charge in [-0.05, 0) is 20.8 Å². The van der Waals surface area contributed by atoms with Crippen molar-refractivity contribution < 1.29 is 14.2 Å². The summed E-state index contributed by atoms with van der Waals surface area (Å²) in [5.41, 5.74) is 4.05. The first kappa shape index (κ1) is 13.4. The lowest BCUT2D eigenvalue weighted by Crippen LogP contribution is -2.51. The number of amides is 2. The highest BCUT2D eigenvalue weighted by atomic mass is 16.7. The van der Waals surface area contributed by atoms with E-state index >= 15 is 0 Å².